The second-order valence-corrected chi connectivity index (χ2v) is 5.75. The van der Waals surface area contributed by atoms with Gasteiger partial charge in [-0.3, -0.25) is 14.5 Å². The number of aromatic amines is 1. The molecular weight excluding hydrogens is 268 g/mol. The molecule has 0 aromatic carbocycles. The van der Waals surface area contributed by atoms with Crippen molar-refractivity contribution in [3.8, 4) is 0 Å². The van der Waals surface area contributed by atoms with Crippen molar-refractivity contribution in [2.24, 2.45) is 7.05 Å². The van der Waals surface area contributed by atoms with E-state index in [9.17, 15) is 8.42 Å². The Morgan fingerprint density at radius 3 is 2.79 bits per heavy atom. The number of aryl methyl sites for hydroxylation is 2. The molecule has 2 rings (SSSR count). The fourth-order valence-corrected chi connectivity index (χ4v) is 3.13. The highest BCUT2D eigenvalue weighted by molar-refractivity contribution is 7.92. The van der Waals surface area contributed by atoms with E-state index in [-0.39, 0.29) is 10.7 Å². The maximum Gasteiger partial charge on any atom is 0.266 e. The van der Waals surface area contributed by atoms with Crippen molar-refractivity contribution in [1.29, 1.82) is 0 Å². The lowest BCUT2D eigenvalue weighted by molar-refractivity contribution is 0.598. The maximum absolute atomic E-state index is 12.3. The van der Waals surface area contributed by atoms with Crippen molar-refractivity contribution in [3.05, 3.63) is 23.7 Å². The van der Waals surface area contributed by atoms with E-state index in [2.05, 4.69) is 25.3 Å². The molecular formula is C10H16N6O2S. The van der Waals surface area contributed by atoms with Gasteiger partial charge in [0, 0.05) is 25.9 Å². The summed E-state index contributed by atoms with van der Waals surface area (Å²) in [5.41, 5.74) is 0.942. The lowest BCUT2D eigenvalue weighted by Gasteiger charge is -2.06. The number of hydrogen-bond acceptors (Lipinski definition) is 5. The van der Waals surface area contributed by atoms with Crippen LogP contribution in [0.5, 0.6) is 0 Å². The van der Waals surface area contributed by atoms with E-state index in [0.717, 1.165) is 0 Å². The highest BCUT2D eigenvalue weighted by atomic mass is 32.2. The van der Waals surface area contributed by atoms with Gasteiger partial charge in [0.1, 0.15) is 4.90 Å². The Balaban J connectivity index is 2.36. The minimum atomic E-state index is -3.70. The summed E-state index contributed by atoms with van der Waals surface area (Å²) in [6.45, 7) is 2.03. The first-order chi connectivity index (χ1) is 8.94. The van der Waals surface area contributed by atoms with E-state index in [1.807, 2.05) is 0 Å². The molecule has 2 aromatic rings. The highest BCUT2D eigenvalue weighted by Gasteiger charge is 2.24. The van der Waals surface area contributed by atoms with Gasteiger partial charge in [-0.1, -0.05) is 0 Å². The summed E-state index contributed by atoms with van der Waals surface area (Å²) in [5, 5.41) is 13.5. The number of aromatic nitrogens is 4. The largest absolute Gasteiger partial charge is 0.314 e. The summed E-state index contributed by atoms with van der Waals surface area (Å²) >= 11 is 0. The zero-order valence-electron chi connectivity index (χ0n) is 10.9. The molecule has 0 aliphatic carbocycles. The van der Waals surface area contributed by atoms with Crippen LogP contribution in [-0.4, -0.2) is 35.4 Å². The number of anilines is 1. The van der Waals surface area contributed by atoms with Crippen LogP contribution in [0.4, 0.5) is 5.82 Å². The van der Waals surface area contributed by atoms with Crippen LogP contribution in [0.25, 0.3) is 0 Å². The van der Waals surface area contributed by atoms with Crippen LogP contribution >= 0.6 is 0 Å². The molecule has 0 fully saturated rings. The van der Waals surface area contributed by atoms with Crippen LogP contribution in [0.3, 0.4) is 0 Å². The first-order valence-electron chi connectivity index (χ1n) is 5.65. The molecule has 0 saturated carbocycles. The van der Waals surface area contributed by atoms with E-state index in [1.165, 1.54) is 4.68 Å². The highest BCUT2D eigenvalue weighted by Crippen LogP contribution is 2.20. The summed E-state index contributed by atoms with van der Waals surface area (Å²) in [6, 6.07) is 1.59. The smallest absolute Gasteiger partial charge is 0.266 e. The van der Waals surface area contributed by atoms with Gasteiger partial charge >= 0.3 is 0 Å². The van der Waals surface area contributed by atoms with Gasteiger partial charge in [-0.25, -0.2) is 8.42 Å². The molecule has 104 valence electrons. The molecule has 2 aromatic heterocycles. The third-order valence-corrected chi connectivity index (χ3v) is 4.08. The van der Waals surface area contributed by atoms with E-state index in [1.54, 1.807) is 33.3 Å². The molecule has 3 N–H and O–H groups in total. The molecule has 8 nitrogen and oxygen atoms in total. The van der Waals surface area contributed by atoms with Gasteiger partial charge < -0.3 is 5.32 Å². The zero-order chi connectivity index (χ0) is 14.0. The molecule has 0 saturated heterocycles. The van der Waals surface area contributed by atoms with E-state index in [0.29, 0.717) is 17.9 Å². The third-order valence-electron chi connectivity index (χ3n) is 2.53. The Morgan fingerprint density at radius 2 is 2.21 bits per heavy atom. The normalized spacial score (nSPS) is 11.7. The first-order valence-corrected chi connectivity index (χ1v) is 7.13. The van der Waals surface area contributed by atoms with Gasteiger partial charge in [0.05, 0.1) is 11.4 Å². The average Bonchev–Trinajstić information content (AvgIpc) is 2.86. The third kappa shape index (κ3) is 2.76. The van der Waals surface area contributed by atoms with Gasteiger partial charge in [-0.2, -0.15) is 10.2 Å². The Kier molecular flexibility index (Phi) is 3.58. The standard InChI is InChI=1S/C10H16N6O2S/c1-7-10(8(6-11-2)13-12-7)19(17,18)15-9-4-5-16(3)14-9/h4-5,11H,6H2,1-3H3,(H,12,13)(H,14,15). The van der Waals surface area contributed by atoms with E-state index in [4.69, 9.17) is 0 Å². The number of sulfonamides is 1. The second-order valence-electron chi connectivity index (χ2n) is 4.13. The molecule has 0 unspecified atom stereocenters. The Labute approximate surface area is 111 Å². The lowest BCUT2D eigenvalue weighted by Crippen LogP contribution is -2.17. The maximum atomic E-state index is 12.3. The van der Waals surface area contributed by atoms with E-state index >= 15 is 0 Å². The molecule has 0 atom stereocenters. The predicted octanol–water partition coefficient (Wildman–Crippen LogP) is -0.0282. The Morgan fingerprint density at radius 1 is 1.47 bits per heavy atom. The minimum Gasteiger partial charge on any atom is -0.314 e. The second kappa shape index (κ2) is 5.02. The molecule has 0 amide bonds. The van der Waals surface area contributed by atoms with Crippen LogP contribution in [0.2, 0.25) is 0 Å². The molecule has 0 aliphatic rings. The Hall–Kier alpha value is -1.87. The van der Waals surface area contributed by atoms with Crippen LogP contribution < -0.4 is 10.0 Å². The molecule has 0 aliphatic heterocycles. The fourth-order valence-electron chi connectivity index (χ4n) is 1.77. The number of hydrogen-bond donors (Lipinski definition) is 3. The van der Waals surface area contributed by atoms with Crippen LogP contribution in [0.1, 0.15) is 11.4 Å². The van der Waals surface area contributed by atoms with Crippen molar-refractivity contribution >= 4 is 15.8 Å². The molecule has 19 heavy (non-hydrogen) atoms. The van der Waals surface area contributed by atoms with Crippen LogP contribution in [0, 0.1) is 6.92 Å². The quantitative estimate of drug-likeness (QED) is 0.715. The van der Waals surface area contributed by atoms with Gasteiger partial charge in [-0.05, 0) is 14.0 Å². The summed E-state index contributed by atoms with van der Waals surface area (Å²) in [4.78, 5) is 0.160. The summed E-state index contributed by atoms with van der Waals surface area (Å²) in [5.74, 6) is 0.276. The number of H-pyrrole nitrogens is 1. The van der Waals surface area contributed by atoms with Crippen LogP contribution in [-0.2, 0) is 23.6 Å². The fraction of sp³-hybridized carbons (Fsp3) is 0.400. The summed E-state index contributed by atoms with van der Waals surface area (Å²) in [7, 11) is -0.255. The van der Waals surface area contributed by atoms with Gasteiger partial charge in [0.15, 0.2) is 5.82 Å². The topological polar surface area (TPSA) is 105 Å². The SMILES string of the molecule is CNCc1n[nH]c(C)c1S(=O)(=O)Nc1ccn(C)n1. The number of rotatable bonds is 5. The van der Waals surface area contributed by atoms with Crippen molar-refractivity contribution in [2.75, 3.05) is 11.8 Å². The number of nitrogens with one attached hydrogen (secondary N) is 3. The molecule has 0 bridgehead atoms. The monoisotopic (exact) mass is 284 g/mol. The number of nitrogens with zero attached hydrogens (tertiary/aromatic N) is 3. The zero-order valence-corrected chi connectivity index (χ0v) is 11.7. The van der Waals surface area contributed by atoms with Crippen molar-refractivity contribution in [1.82, 2.24) is 25.3 Å². The van der Waals surface area contributed by atoms with Gasteiger partial charge in [0.2, 0.25) is 0 Å². The lowest BCUT2D eigenvalue weighted by atomic mass is 10.4. The van der Waals surface area contributed by atoms with E-state index < -0.39 is 10.0 Å². The summed E-state index contributed by atoms with van der Waals surface area (Å²) < 4.78 is 28.6. The molecule has 2 heterocycles. The van der Waals surface area contributed by atoms with Crippen molar-refractivity contribution in [3.63, 3.8) is 0 Å². The van der Waals surface area contributed by atoms with Crippen molar-refractivity contribution < 1.29 is 8.42 Å². The summed E-state index contributed by atoms with van der Waals surface area (Å²) in [6.07, 6.45) is 1.66. The predicted molar refractivity (Wildman–Crippen MR) is 70.1 cm³/mol. The Bertz CT molecular complexity index is 672. The average molecular weight is 284 g/mol. The van der Waals surface area contributed by atoms with Crippen molar-refractivity contribution in [2.45, 2.75) is 18.4 Å². The minimum absolute atomic E-state index is 0.160. The molecule has 9 heteroatoms. The van der Waals surface area contributed by atoms with Gasteiger partial charge in [0.25, 0.3) is 10.0 Å². The van der Waals surface area contributed by atoms with Gasteiger partial charge in [-0.15, -0.1) is 0 Å². The molecule has 0 radical (unpaired) electrons. The molecule has 0 spiro atoms. The first kappa shape index (κ1) is 13.6. The van der Waals surface area contributed by atoms with Crippen LogP contribution in [0.15, 0.2) is 17.2 Å².